The fourth-order valence-corrected chi connectivity index (χ4v) is 3.23. The number of carbonyl (C=O) groups excluding carboxylic acids is 1. The molecule has 0 saturated carbocycles. The van der Waals surface area contributed by atoms with Crippen molar-refractivity contribution in [1.29, 1.82) is 0 Å². The van der Waals surface area contributed by atoms with E-state index in [4.69, 9.17) is 14.2 Å². The molecule has 5 nitrogen and oxygen atoms in total. The normalized spacial score (nSPS) is 18.8. The summed E-state index contributed by atoms with van der Waals surface area (Å²) in [5, 5.41) is 2.93. The predicted octanol–water partition coefficient (Wildman–Crippen LogP) is 2.94. The van der Waals surface area contributed by atoms with Gasteiger partial charge in [-0.25, -0.2) is 0 Å². The molecule has 1 atom stereocenters. The number of anilines is 1. The first-order valence-electron chi connectivity index (χ1n) is 7.62. The number of carbonyl (C=O) groups is 1. The Balaban J connectivity index is 1.85. The minimum atomic E-state index is -0.0641. The largest absolute Gasteiger partial charge is 0.496 e. The van der Waals surface area contributed by atoms with E-state index >= 15 is 0 Å². The molecular formula is C18H17NO4. The molecule has 2 aliphatic heterocycles. The van der Waals surface area contributed by atoms with Gasteiger partial charge in [-0.3, -0.25) is 4.79 Å². The van der Waals surface area contributed by atoms with Crippen LogP contribution in [0.5, 0.6) is 17.2 Å². The molecule has 2 aliphatic rings. The summed E-state index contributed by atoms with van der Waals surface area (Å²) in [6.07, 6.45) is 0.382. The lowest BCUT2D eigenvalue weighted by atomic mass is 9.84. The number of fused-ring (bicyclic) bond motifs is 2. The molecule has 1 amide bonds. The Morgan fingerprint density at radius 2 is 1.83 bits per heavy atom. The summed E-state index contributed by atoms with van der Waals surface area (Å²) in [5.41, 5.74) is 2.81. The standard InChI is InChI=1S/C18H17NO4/c1-21-15-5-3-2-4-11(15)12-9-18(20)19-14-10-17-16(8-13(12)14)22-6-7-23-17/h2-5,8,10,12H,6-7,9H2,1H3,(H,19,20)/t12-/m0/s1. The van der Waals surface area contributed by atoms with Gasteiger partial charge in [0.05, 0.1) is 7.11 Å². The molecule has 23 heavy (non-hydrogen) atoms. The number of benzene rings is 2. The molecule has 0 spiro atoms. The number of para-hydroxylation sites is 1. The molecule has 0 saturated heterocycles. The monoisotopic (exact) mass is 311 g/mol. The zero-order chi connectivity index (χ0) is 15.8. The molecule has 0 bridgehead atoms. The van der Waals surface area contributed by atoms with Crippen LogP contribution in [0.15, 0.2) is 36.4 Å². The van der Waals surface area contributed by atoms with Crippen molar-refractivity contribution in [2.24, 2.45) is 0 Å². The summed E-state index contributed by atoms with van der Waals surface area (Å²) >= 11 is 0. The van der Waals surface area contributed by atoms with Crippen LogP contribution in [0.2, 0.25) is 0 Å². The molecule has 0 unspecified atom stereocenters. The lowest BCUT2D eigenvalue weighted by Crippen LogP contribution is -2.25. The lowest BCUT2D eigenvalue weighted by molar-refractivity contribution is -0.116. The molecule has 0 radical (unpaired) electrons. The van der Waals surface area contributed by atoms with Crippen LogP contribution >= 0.6 is 0 Å². The van der Waals surface area contributed by atoms with Gasteiger partial charge in [-0.05, 0) is 17.7 Å². The quantitative estimate of drug-likeness (QED) is 0.926. The number of hydrogen-bond donors (Lipinski definition) is 1. The van der Waals surface area contributed by atoms with E-state index in [1.807, 2.05) is 36.4 Å². The van der Waals surface area contributed by atoms with Crippen molar-refractivity contribution in [2.75, 3.05) is 25.6 Å². The van der Waals surface area contributed by atoms with Gasteiger partial charge in [-0.2, -0.15) is 0 Å². The molecule has 2 heterocycles. The average molecular weight is 311 g/mol. The number of amides is 1. The van der Waals surface area contributed by atoms with Crippen molar-refractivity contribution in [3.63, 3.8) is 0 Å². The van der Waals surface area contributed by atoms with Crippen LogP contribution < -0.4 is 19.5 Å². The van der Waals surface area contributed by atoms with Gasteiger partial charge in [0.15, 0.2) is 11.5 Å². The zero-order valence-electron chi connectivity index (χ0n) is 12.8. The van der Waals surface area contributed by atoms with E-state index in [9.17, 15) is 4.79 Å². The van der Waals surface area contributed by atoms with Crippen LogP contribution in [0.25, 0.3) is 0 Å². The maximum atomic E-state index is 12.2. The highest BCUT2D eigenvalue weighted by atomic mass is 16.6. The summed E-state index contributed by atoms with van der Waals surface area (Å²) < 4.78 is 16.8. The molecule has 1 N–H and O–H groups in total. The van der Waals surface area contributed by atoms with Crippen LogP contribution in [0.1, 0.15) is 23.5 Å². The zero-order valence-corrected chi connectivity index (χ0v) is 12.8. The van der Waals surface area contributed by atoms with Crippen LogP contribution in [-0.2, 0) is 4.79 Å². The van der Waals surface area contributed by atoms with Crippen LogP contribution in [0.3, 0.4) is 0 Å². The molecule has 2 aromatic carbocycles. The van der Waals surface area contributed by atoms with E-state index in [2.05, 4.69) is 5.32 Å². The minimum Gasteiger partial charge on any atom is -0.496 e. The second-order valence-electron chi connectivity index (χ2n) is 5.63. The van der Waals surface area contributed by atoms with Crippen LogP contribution in [-0.4, -0.2) is 26.2 Å². The lowest BCUT2D eigenvalue weighted by Gasteiger charge is -2.29. The van der Waals surface area contributed by atoms with E-state index < -0.39 is 0 Å². The van der Waals surface area contributed by atoms with Crippen molar-refractivity contribution >= 4 is 11.6 Å². The van der Waals surface area contributed by atoms with Gasteiger partial charge in [-0.15, -0.1) is 0 Å². The third-order valence-corrected chi connectivity index (χ3v) is 4.27. The minimum absolute atomic E-state index is 0.00918. The number of ether oxygens (including phenoxy) is 3. The highest BCUT2D eigenvalue weighted by molar-refractivity contribution is 5.96. The van der Waals surface area contributed by atoms with E-state index in [-0.39, 0.29) is 11.8 Å². The van der Waals surface area contributed by atoms with Crippen molar-refractivity contribution in [1.82, 2.24) is 0 Å². The topological polar surface area (TPSA) is 56.8 Å². The Hall–Kier alpha value is -2.69. The van der Waals surface area contributed by atoms with E-state index in [1.54, 1.807) is 7.11 Å². The van der Waals surface area contributed by atoms with E-state index in [0.29, 0.717) is 25.4 Å². The third-order valence-electron chi connectivity index (χ3n) is 4.27. The first-order chi connectivity index (χ1) is 11.3. The summed E-state index contributed by atoms with van der Waals surface area (Å²) in [6, 6.07) is 11.6. The van der Waals surface area contributed by atoms with Crippen molar-refractivity contribution in [3.8, 4) is 17.2 Å². The van der Waals surface area contributed by atoms with Gasteiger partial charge < -0.3 is 19.5 Å². The Morgan fingerprint density at radius 3 is 2.61 bits per heavy atom. The van der Waals surface area contributed by atoms with Gasteiger partial charge >= 0.3 is 0 Å². The van der Waals surface area contributed by atoms with Gasteiger partial charge in [0.1, 0.15) is 19.0 Å². The smallest absolute Gasteiger partial charge is 0.225 e. The van der Waals surface area contributed by atoms with Gasteiger partial charge in [-0.1, -0.05) is 18.2 Å². The summed E-state index contributed by atoms with van der Waals surface area (Å²) in [6.45, 7) is 1.06. The highest BCUT2D eigenvalue weighted by Gasteiger charge is 2.30. The van der Waals surface area contributed by atoms with Crippen molar-refractivity contribution in [2.45, 2.75) is 12.3 Å². The SMILES string of the molecule is COc1ccccc1[C@@H]1CC(=O)Nc2cc3c(cc21)OCCO3. The maximum Gasteiger partial charge on any atom is 0.225 e. The second-order valence-corrected chi connectivity index (χ2v) is 5.63. The number of nitrogens with one attached hydrogen (secondary N) is 1. The predicted molar refractivity (Wildman–Crippen MR) is 85.5 cm³/mol. The Kier molecular flexibility index (Phi) is 3.33. The second kappa shape index (κ2) is 5.50. The molecule has 0 fully saturated rings. The van der Waals surface area contributed by atoms with Crippen LogP contribution in [0.4, 0.5) is 5.69 Å². The molecule has 5 heteroatoms. The highest BCUT2D eigenvalue weighted by Crippen LogP contribution is 2.45. The van der Waals surface area contributed by atoms with Gasteiger partial charge in [0.25, 0.3) is 0 Å². The van der Waals surface area contributed by atoms with Crippen molar-refractivity contribution in [3.05, 3.63) is 47.5 Å². The fraction of sp³-hybridized carbons (Fsp3) is 0.278. The average Bonchev–Trinajstić information content (AvgIpc) is 2.59. The number of hydrogen-bond acceptors (Lipinski definition) is 4. The van der Waals surface area contributed by atoms with Gasteiger partial charge in [0, 0.05) is 29.7 Å². The summed E-state index contributed by atoms with van der Waals surface area (Å²) in [5.74, 6) is 2.12. The maximum absolute atomic E-state index is 12.2. The molecule has 2 aromatic rings. The third kappa shape index (κ3) is 2.38. The Bertz CT molecular complexity index is 772. The van der Waals surface area contributed by atoms with Crippen LogP contribution in [0, 0.1) is 0 Å². The molecule has 0 aliphatic carbocycles. The molecular weight excluding hydrogens is 294 g/mol. The number of rotatable bonds is 2. The Morgan fingerprint density at radius 1 is 1.09 bits per heavy atom. The van der Waals surface area contributed by atoms with Gasteiger partial charge in [0.2, 0.25) is 5.91 Å². The molecule has 4 rings (SSSR count). The molecule has 118 valence electrons. The first kappa shape index (κ1) is 13.9. The molecule has 0 aromatic heterocycles. The summed E-state index contributed by atoms with van der Waals surface area (Å²) in [7, 11) is 1.65. The number of methoxy groups -OCH3 is 1. The van der Waals surface area contributed by atoms with Crippen molar-refractivity contribution < 1.29 is 19.0 Å². The van der Waals surface area contributed by atoms with E-state index in [1.165, 1.54) is 0 Å². The first-order valence-corrected chi connectivity index (χ1v) is 7.62. The Labute approximate surface area is 134 Å². The fourth-order valence-electron chi connectivity index (χ4n) is 3.23. The van der Waals surface area contributed by atoms with E-state index in [0.717, 1.165) is 28.3 Å². The summed E-state index contributed by atoms with van der Waals surface area (Å²) in [4.78, 5) is 12.2.